The van der Waals surface area contributed by atoms with Crippen LogP contribution in [0.25, 0.3) is 0 Å². The van der Waals surface area contributed by atoms with E-state index >= 15 is 0 Å². The van der Waals surface area contributed by atoms with Crippen molar-refractivity contribution in [1.82, 2.24) is 0 Å². The van der Waals surface area contributed by atoms with Gasteiger partial charge in [0.25, 0.3) is 0 Å². The molecule has 2 atom stereocenters. The smallest absolute Gasteiger partial charge is 0.334 e. The number of hydrogen-bond donors (Lipinski definition) is 0. The minimum atomic E-state index is -0.362. The Labute approximate surface area is 135 Å². The number of carbonyl (C=O) groups excluding carboxylic acids is 1. The first-order valence-electron chi connectivity index (χ1n) is 8.41. The van der Waals surface area contributed by atoms with Crippen LogP contribution in [0.4, 0.5) is 0 Å². The minimum absolute atomic E-state index is 0.302. The number of hydrogen-bond acceptors (Lipinski definition) is 3. The van der Waals surface area contributed by atoms with Gasteiger partial charge in [0.15, 0.2) is 0 Å². The molecular formula is C19H30O3. The Morgan fingerprint density at radius 1 is 1.36 bits per heavy atom. The number of esters is 1. The summed E-state index contributed by atoms with van der Waals surface area (Å²) in [6.45, 7) is 8.58. The topological polar surface area (TPSA) is 35.5 Å². The Morgan fingerprint density at radius 3 is 2.59 bits per heavy atom. The number of carbonyl (C=O) groups is 1. The molecule has 0 fully saturated rings. The second-order valence-electron chi connectivity index (χ2n) is 5.78. The summed E-state index contributed by atoms with van der Waals surface area (Å²) in [4.78, 5) is 11.5. The Morgan fingerprint density at radius 2 is 2.09 bits per heavy atom. The van der Waals surface area contributed by atoms with Gasteiger partial charge in [-0.3, -0.25) is 0 Å². The highest BCUT2D eigenvalue weighted by Crippen LogP contribution is 2.40. The van der Waals surface area contributed by atoms with E-state index in [0.717, 1.165) is 37.7 Å². The average Bonchev–Trinajstić information content (AvgIpc) is 2.89. The highest BCUT2D eigenvalue weighted by Gasteiger charge is 2.37. The first-order chi connectivity index (χ1) is 10.5. The predicted octanol–water partition coefficient (Wildman–Crippen LogP) is 4.94. The molecule has 2 unspecified atom stereocenters. The molecule has 0 saturated carbocycles. The summed E-state index contributed by atoms with van der Waals surface area (Å²) in [7, 11) is 1.39. The molecule has 0 bridgehead atoms. The number of ether oxygens (including phenoxy) is 2. The molecule has 3 heteroatoms. The van der Waals surface area contributed by atoms with Gasteiger partial charge in [0.05, 0.1) is 13.2 Å². The third kappa shape index (κ3) is 4.75. The molecule has 1 rings (SSSR count). The molecule has 1 aliphatic rings. The van der Waals surface area contributed by atoms with Gasteiger partial charge < -0.3 is 9.47 Å². The van der Waals surface area contributed by atoms with Crippen LogP contribution in [-0.2, 0) is 14.3 Å². The molecule has 22 heavy (non-hydrogen) atoms. The van der Waals surface area contributed by atoms with Crippen molar-refractivity contribution in [3.05, 3.63) is 35.6 Å². The quantitative estimate of drug-likeness (QED) is 0.362. The van der Waals surface area contributed by atoms with Gasteiger partial charge in [-0.25, -0.2) is 4.79 Å². The Bertz CT molecular complexity index is 459. The first kappa shape index (κ1) is 18.5. The fraction of sp³-hybridized carbons (Fsp3) is 0.632. The summed E-state index contributed by atoms with van der Waals surface area (Å²) in [5.74, 6) is 0.802. The highest BCUT2D eigenvalue weighted by atomic mass is 16.5. The van der Waals surface area contributed by atoms with Crippen LogP contribution in [0.5, 0.6) is 0 Å². The summed E-state index contributed by atoms with van der Waals surface area (Å²) in [6.07, 6.45) is 13.0. The Kier molecular flexibility index (Phi) is 7.43. The van der Waals surface area contributed by atoms with Crippen molar-refractivity contribution in [2.24, 2.45) is 5.92 Å². The van der Waals surface area contributed by atoms with Gasteiger partial charge in [0, 0.05) is 0 Å². The van der Waals surface area contributed by atoms with E-state index < -0.39 is 0 Å². The maximum absolute atomic E-state index is 11.5. The highest BCUT2D eigenvalue weighted by molar-refractivity contribution is 5.83. The SMILES string of the molecule is CCC=CC(CC)CC1(CC)C=C(CC)C(=CC(=O)OC)O1. The second-order valence-corrected chi connectivity index (χ2v) is 5.78. The summed E-state index contributed by atoms with van der Waals surface area (Å²) >= 11 is 0. The first-order valence-corrected chi connectivity index (χ1v) is 8.41. The number of rotatable bonds is 8. The lowest BCUT2D eigenvalue weighted by Gasteiger charge is -2.29. The second kappa shape index (κ2) is 8.82. The molecule has 0 saturated heterocycles. The lowest BCUT2D eigenvalue weighted by Crippen LogP contribution is -2.28. The van der Waals surface area contributed by atoms with Gasteiger partial charge in [-0.15, -0.1) is 0 Å². The standard InChI is InChI=1S/C19H30O3/c1-6-10-11-15(7-2)13-19(9-4)14-16(8-3)17(22-19)12-18(20)21-5/h10-12,14-15H,6-9,13H2,1-5H3. The molecule has 0 N–H and O–H groups in total. The van der Waals surface area contributed by atoms with Crippen molar-refractivity contribution in [1.29, 1.82) is 0 Å². The molecule has 0 amide bonds. The molecule has 124 valence electrons. The van der Waals surface area contributed by atoms with Gasteiger partial charge in [-0.05, 0) is 49.7 Å². The summed E-state index contributed by atoms with van der Waals surface area (Å²) in [5.41, 5.74) is 0.797. The van der Waals surface area contributed by atoms with Crippen LogP contribution in [-0.4, -0.2) is 18.7 Å². The lowest BCUT2D eigenvalue weighted by molar-refractivity contribution is -0.135. The van der Waals surface area contributed by atoms with E-state index in [4.69, 9.17) is 9.47 Å². The van der Waals surface area contributed by atoms with E-state index in [0.29, 0.717) is 11.7 Å². The molecule has 0 aromatic rings. The largest absolute Gasteiger partial charge is 0.483 e. The average molecular weight is 306 g/mol. The normalized spacial score (nSPS) is 24.4. The van der Waals surface area contributed by atoms with Crippen LogP contribution in [0.15, 0.2) is 35.6 Å². The van der Waals surface area contributed by atoms with Crippen molar-refractivity contribution in [3.8, 4) is 0 Å². The molecule has 0 radical (unpaired) electrons. The van der Waals surface area contributed by atoms with Crippen LogP contribution in [0.2, 0.25) is 0 Å². The summed E-state index contributed by atoms with van der Waals surface area (Å²) in [6, 6.07) is 0. The maximum atomic E-state index is 11.5. The third-order valence-electron chi connectivity index (χ3n) is 4.27. The van der Waals surface area contributed by atoms with Gasteiger partial charge in [0.2, 0.25) is 0 Å². The maximum Gasteiger partial charge on any atom is 0.334 e. The Hall–Kier alpha value is -1.51. The molecule has 3 nitrogen and oxygen atoms in total. The van der Waals surface area contributed by atoms with Crippen LogP contribution >= 0.6 is 0 Å². The number of methoxy groups -OCH3 is 1. The molecule has 1 aliphatic heterocycles. The van der Waals surface area contributed by atoms with Crippen molar-refractivity contribution in [2.45, 2.75) is 65.4 Å². The van der Waals surface area contributed by atoms with E-state index in [1.54, 1.807) is 0 Å². The van der Waals surface area contributed by atoms with E-state index in [-0.39, 0.29) is 11.6 Å². The van der Waals surface area contributed by atoms with E-state index in [1.165, 1.54) is 13.2 Å². The number of allylic oxidation sites excluding steroid dienone is 3. The van der Waals surface area contributed by atoms with E-state index in [1.807, 2.05) is 0 Å². The van der Waals surface area contributed by atoms with Gasteiger partial charge in [-0.2, -0.15) is 0 Å². The summed E-state index contributed by atoms with van der Waals surface area (Å²) < 4.78 is 10.9. The van der Waals surface area contributed by atoms with Gasteiger partial charge in [0.1, 0.15) is 11.4 Å². The van der Waals surface area contributed by atoms with E-state index in [2.05, 4.69) is 45.9 Å². The molecule has 1 heterocycles. The molecule has 0 aromatic heterocycles. The fourth-order valence-electron chi connectivity index (χ4n) is 2.81. The van der Waals surface area contributed by atoms with Crippen molar-refractivity contribution in [2.75, 3.05) is 7.11 Å². The van der Waals surface area contributed by atoms with Crippen molar-refractivity contribution < 1.29 is 14.3 Å². The monoisotopic (exact) mass is 306 g/mol. The molecular weight excluding hydrogens is 276 g/mol. The van der Waals surface area contributed by atoms with E-state index in [9.17, 15) is 4.79 Å². The zero-order valence-corrected chi connectivity index (χ0v) is 14.6. The fourth-order valence-corrected chi connectivity index (χ4v) is 2.81. The van der Waals surface area contributed by atoms with Gasteiger partial charge >= 0.3 is 5.97 Å². The van der Waals surface area contributed by atoms with Gasteiger partial charge in [-0.1, -0.05) is 39.8 Å². The van der Waals surface area contributed by atoms with Crippen molar-refractivity contribution in [3.63, 3.8) is 0 Å². The van der Waals surface area contributed by atoms with Crippen LogP contribution < -0.4 is 0 Å². The predicted molar refractivity (Wildman–Crippen MR) is 90.4 cm³/mol. The molecule has 0 spiro atoms. The Balaban J connectivity index is 2.99. The lowest BCUT2D eigenvalue weighted by atomic mass is 9.86. The zero-order chi connectivity index (χ0) is 16.6. The van der Waals surface area contributed by atoms with Crippen molar-refractivity contribution >= 4 is 5.97 Å². The summed E-state index contributed by atoms with van der Waals surface area (Å²) in [5, 5.41) is 0. The van der Waals surface area contributed by atoms with Crippen LogP contribution in [0, 0.1) is 5.92 Å². The molecule has 0 aromatic carbocycles. The minimum Gasteiger partial charge on any atom is -0.483 e. The van der Waals surface area contributed by atoms with Crippen LogP contribution in [0.3, 0.4) is 0 Å². The molecule has 0 aliphatic carbocycles. The third-order valence-corrected chi connectivity index (χ3v) is 4.27. The van der Waals surface area contributed by atoms with Crippen LogP contribution in [0.1, 0.15) is 59.8 Å². The zero-order valence-electron chi connectivity index (χ0n) is 14.6.